The van der Waals surface area contributed by atoms with Gasteiger partial charge in [0.1, 0.15) is 0 Å². The van der Waals surface area contributed by atoms with E-state index in [0.717, 1.165) is 24.0 Å². The molecule has 3 rings (SSSR count). The van der Waals surface area contributed by atoms with E-state index in [2.05, 4.69) is 29.0 Å². The molecule has 0 aromatic rings. The van der Waals surface area contributed by atoms with Gasteiger partial charge in [-0.3, -0.25) is 9.80 Å². The van der Waals surface area contributed by atoms with Crippen molar-refractivity contribution in [3.05, 3.63) is 0 Å². The average Bonchev–Trinajstić information content (AvgIpc) is 3.19. The van der Waals surface area contributed by atoms with Crippen molar-refractivity contribution in [1.82, 2.24) is 15.1 Å². The summed E-state index contributed by atoms with van der Waals surface area (Å²) in [5.41, 5.74) is 0. The molecule has 2 saturated heterocycles. The first-order valence-corrected chi connectivity index (χ1v) is 8.95. The Bertz CT molecular complexity index is 297. The van der Waals surface area contributed by atoms with E-state index in [0.29, 0.717) is 0 Å². The molecule has 1 aliphatic carbocycles. The fraction of sp³-hybridized carbons (Fsp3) is 1.00. The molecule has 20 heavy (non-hydrogen) atoms. The minimum absolute atomic E-state index is 0.732. The van der Waals surface area contributed by atoms with Gasteiger partial charge in [-0.05, 0) is 64.6 Å². The quantitative estimate of drug-likeness (QED) is 0.805. The molecule has 1 saturated carbocycles. The highest BCUT2D eigenvalue weighted by Gasteiger charge is 2.32. The van der Waals surface area contributed by atoms with Crippen molar-refractivity contribution in [2.24, 2.45) is 5.92 Å². The Morgan fingerprint density at radius 1 is 1.00 bits per heavy atom. The number of likely N-dealkylation sites (tertiary alicyclic amines) is 2. The predicted octanol–water partition coefficient (Wildman–Crippen LogP) is 2.32. The van der Waals surface area contributed by atoms with E-state index in [9.17, 15) is 0 Å². The second-order valence-corrected chi connectivity index (χ2v) is 7.43. The zero-order chi connectivity index (χ0) is 13.9. The highest BCUT2D eigenvalue weighted by molar-refractivity contribution is 4.89. The molecule has 0 spiro atoms. The summed E-state index contributed by atoms with van der Waals surface area (Å²) in [4.78, 5) is 5.52. The number of nitrogens with zero attached hydrogens (tertiary/aromatic N) is 2. The minimum atomic E-state index is 0.732. The lowest BCUT2D eigenvalue weighted by molar-refractivity contribution is 0.141. The number of hydrogen-bond acceptors (Lipinski definition) is 3. The van der Waals surface area contributed by atoms with Crippen LogP contribution in [0, 0.1) is 5.92 Å². The van der Waals surface area contributed by atoms with Crippen molar-refractivity contribution in [2.45, 2.75) is 70.5 Å². The molecular weight excluding hydrogens is 246 g/mol. The van der Waals surface area contributed by atoms with Crippen LogP contribution in [-0.4, -0.2) is 60.6 Å². The van der Waals surface area contributed by atoms with Gasteiger partial charge in [-0.2, -0.15) is 0 Å². The standard InChI is InChI=1S/C17H33N3/c1-14(12-18-16-6-7-16)15(2)20-11-8-17(13-20)19-9-4-3-5-10-19/h14-18H,3-13H2,1-2H3. The van der Waals surface area contributed by atoms with Crippen LogP contribution < -0.4 is 5.32 Å². The zero-order valence-corrected chi connectivity index (χ0v) is 13.5. The Kier molecular flexibility index (Phi) is 5.00. The van der Waals surface area contributed by atoms with Gasteiger partial charge in [0.2, 0.25) is 0 Å². The summed E-state index contributed by atoms with van der Waals surface area (Å²) in [5, 5.41) is 3.70. The van der Waals surface area contributed by atoms with Crippen LogP contribution in [-0.2, 0) is 0 Å². The van der Waals surface area contributed by atoms with E-state index in [1.807, 2.05) is 0 Å². The molecule has 2 aliphatic heterocycles. The molecule has 2 heterocycles. The number of rotatable bonds is 6. The molecule has 0 radical (unpaired) electrons. The van der Waals surface area contributed by atoms with E-state index < -0.39 is 0 Å². The summed E-state index contributed by atoms with van der Waals surface area (Å²) < 4.78 is 0. The fourth-order valence-corrected chi connectivity index (χ4v) is 3.89. The maximum absolute atomic E-state index is 3.70. The van der Waals surface area contributed by atoms with Gasteiger partial charge in [-0.15, -0.1) is 0 Å². The topological polar surface area (TPSA) is 18.5 Å². The molecule has 0 bridgehead atoms. The summed E-state index contributed by atoms with van der Waals surface area (Å²) in [6.45, 7) is 11.4. The number of piperidine rings is 1. The maximum atomic E-state index is 3.70. The smallest absolute Gasteiger partial charge is 0.0235 e. The van der Waals surface area contributed by atoms with E-state index in [1.54, 1.807) is 0 Å². The van der Waals surface area contributed by atoms with Crippen LogP contribution in [0.15, 0.2) is 0 Å². The number of hydrogen-bond donors (Lipinski definition) is 1. The van der Waals surface area contributed by atoms with Gasteiger partial charge in [-0.1, -0.05) is 13.3 Å². The molecule has 3 atom stereocenters. The fourth-order valence-electron chi connectivity index (χ4n) is 3.89. The molecule has 1 N–H and O–H groups in total. The summed E-state index contributed by atoms with van der Waals surface area (Å²) in [5.74, 6) is 0.774. The highest BCUT2D eigenvalue weighted by Crippen LogP contribution is 2.24. The van der Waals surface area contributed by atoms with Gasteiger partial charge < -0.3 is 5.32 Å². The molecule has 3 aliphatic rings. The SMILES string of the molecule is CC(CNC1CC1)C(C)N1CCC(N2CCCCC2)C1. The average molecular weight is 279 g/mol. The Labute approximate surface area is 125 Å². The van der Waals surface area contributed by atoms with Gasteiger partial charge in [0.25, 0.3) is 0 Å². The van der Waals surface area contributed by atoms with Crippen LogP contribution in [0.1, 0.15) is 52.4 Å². The third-order valence-corrected chi connectivity index (χ3v) is 5.81. The van der Waals surface area contributed by atoms with Crippen LogP contribution in [0.25, 0.3) is 0 Å². The van der Waals surface area contributed by atoms with Gasteiger partial charge in [-0.25, -0.2) is 0 Å². The molecule has 116 valence electrons. The molecule has 0 aromatic heterocycles. The molecule has 0 aromatic carbocycles. The van der Waals surface area contributed by atoms with E-state index in [-0.39, 0.29) is 0 Å². The van der Waals surface area contributed by atoms with Gasteiger partial charge >= 0.3 is 0 Å². The van der Waals surface area contributed by atoms with E-state index in [4.69, 9.17) is 0 Å². The van der Waals surface area contributed by atoms with Crippen LogP contribution in [0.4, 0.5) is 0 Å². The molecule has 3 nitrogen and oxygen atoms in total. The van der Waals surface area contributed by atoms with E-state index >= 15 is 0 Å². The van der Waals surface area contributed by atoms with Crippen LogP contribution in [0.5, 0.6) is 0 Å². The van der Waals surface area contributed by atoms with E-state index in [1.165, 1.54) is 71.2 Å². The first-order valence-electron chi connectivity index (χ1n) is 8.95. The summed E-state index contributed by atoms with van der Waals surface area (Å²) in [7, 11) is 0. The van der Waals surface area contributed by atoms with Crippen molar-refractivity contribution in [1.29, 1.82) is 0 Å². The molecular formula is C17H33N3. The van der Waals surface area contributed by atoms with Crippen LogP contribution in [0.2, 0.25) is 0 Å². The van der Waals surface area contributed by atoms with Gasteiger partial charge in [0.15, 0.2) is 0 Å². The predicted molar refractivity (Wildman–Crippen MR) is 85.1 cm³/mol. The first kappa shape index (κ1) is 14.8. The highest BCUT2D eigenvalue weighted by atomic mass is 15.3. The van der Waals surface area contributed by atoms with Gasteiger partial charge in [0, 0.05) is 31.2 Å². The summed E-state index contributed by atoms with van der Waals surface area (Å²) in [6, 6.07) is 2.43. The van der Waals surface area contributed by atoms with Crippen LogP contribution >= 0.6 is 0 Å². The Balaban J connectivity index is 1.42. The third-order valence-electron chi connectivity index (χ3n) is 5.81. The Morgan fingerprint density at radius 2 is 1.75 bits per heavy atom. The van der Waals surface area contributed by atoms with Crippen molar-refractivity contribution in [3.63, 3.8) is 0 Å². The third kappa shape index (κ3) is 3.75. The lowest BCUT2D eigenvalue weighted by Gasteiger charge is -2.34. The lowest BCUT2D eigenvalue weighted by Crippen LogP contribution is -2.44. The summed E-state index contributed by atoms with van der Waals surface area (Å²) >= 11 is 0. The minimum Gasteiger partial charge on any atom is -0.314 e. The Hall–Kier alpha value is -0.120. The Morgan fingerprint density at radius 3 is 2.45 bits per heavy atom. The number of nitrogens with one attached hydrogen (secondary N) is 1. The maximum Gasteiger partial charge on any atom is 0.0235 e. The second kappa shape index (κ2) is 6.76. The first-order chi connectivity index (χ1) is 9.74. The van der Waals surface area contributed by atoms with Crippen molar-refractivity contribution in [2.75, 3.05) is 32.7 Å². The zero-order valence-electron chi connectivity index (χ0n) is 13.5. The monoisotopic (exact) mass is 279 g/mol. The van der Waals surface area contributed by atoms with Crippen LogP contribution in [0.3, 0.4) is 0 Å². The van der Waals surface area contributed by atoms with Crippen molar-refractivity contribution in [3.8, 4) is 0 Å². The molecule has 0 amide bonds. The largest absolute Gasteiger partial charge is 0.314 e. The lowest BCUT2D eigenvalue weighted by atomic mass is 10.0. The normalized spacial score (nSPS) is 32.4. The van der Waals surface area contributed by atoms with Crippen molar-refractivity contribution < 1.29 is 0 Å². The molecule has 3 unspecified atom stereocenters. The van der Waals surface area contributed by atoms with Gasteiger partial charge in [0.05, 0.1) is 0 Å². The molecule has 3 heteroatoms. The molecule has 3 fully saturated rings. The van der Waals surface area contributed by atoms with Crippen molar-refractivity contribution >= 4 is 0 Å². The second-order valence-electron chi connectivity index (χ2n) is 7.43. The summed E-state index contributed by atoms with van der Waals surface area (Å²) in [6.07, 6.45) is 8.51.